The normalized spacial score (nSPS) is 12.9. The predicted octanol–water partition coefficient (Wildman–Crippen LogP) is 0.656. The lowest BCUT2D eigenvalue weighted by Crippen LogP contribution is -1.93. The second-order valence-electron chi connectivity index (χ2n) is 1.48. The first-order chi connectivity index (χ1) is 4.75. The van der Waals surface area contributed by atoms with Gasteiger partial charge in [-0.25, -0.2) is 4.63 Å². The van der Waals surface area contributed by atoms with Gasteiger partial charge in [-0.2, -0.15) is 0 Å². The van der Waals surface area contributed by atoms with E-state index < -0.39 is 5.50 Å². The standard InChI is InChI=1S/C3H3ClN4O2/c4-2(6-9)1-3(5)8-10-7-1/h2H,(H2,5,8). The number of nitrogens with zero attached hydrogens (tertiary/aromatic N) is 3. The fraction of sp³-hybridized carbons (Fsp3) is 0.333. The number of nitrogens with two attached hydrogens (primary N) is 1. The Kier molecular flexibility index (Phi) is 1.81. The van der Waals surface area contributed by atoms with Gasteiger partial charge in [0.1, 0.15) is 0 Å². The lowest BCUT2D eigenvalue weighted by molar-refractivity contribution is 0.304. The van der Waals surface area contributed by atoms with Gasteiger partial charge in [0, 0.05) is 0 Å². The molecule has 1 heterocycles. The molecule has 0 aliphatic carbocycles. The molecular formula is C3H3ClN4O2. The molecule has 0 amide bonds. The van der Waals surface area contributed by atoms with Crippen LogP contribution in [0.4, 0.5) is 5.82 Å². The summed E-state index contributed by atoms with van der Waals surface area (Å²) in [6.45, 7) is 0. The van der Waals surface area contributed by atoms with Crippen molar-refractivity contribution in [2.75, 3.05) is 5.73 Å². The first-order valence-electron chi connectivity index (χ1n) is 2.30. The van der Waals surface area contributed by atoms with E-state index in [0.717, 1.165) is 0 Å². The van der Waals surface area contributed by atoms with E-state index in [-0.39, 0.29) is 11.5 Å². The predicted molar refractivity (Wildman–Crippen MR) is 33.1 cm³/mol. The molecule has 1 atom stereocenters. The number of hydrogen-bond acceptors (Lipinski definition) is 6. The van der Waals surface area contributed by atoms with Crippen LogP contribution >= 0.6 is 11.6 Å². The number of nitrogen functional groups attached to an aromatic ring is 1. The van der Waals surface area contributed by atoms with Gasteiger partial charge in [0.2, 0.25) is 5.50 Å². The zero-order valence-electron chi connectivity index (χ0n) is 4.69. The molecule has 10 heavy (non-hydrogen) atoms. The summed E-state index contributed by atoms with van der Waals surface area (Å²) in [6, 6.07) is 0. The van der Waals surface area contributed by atoms with Gasteiger partial charge >= 0.3 is 0 Å². The molecule has 0 aromatic carbocycles. The Balaban J connectivity index is 2.92. The number of nitroso groups, excluding NO2 is 1. The number of alkyl halides is 1. The van der Waals surface area contributed by atoms with Crippen LogP contribution in [0.5, 0.6) is 0 Å². The zero-order valence-corrected chi connectivity index (χ0v) is 5.45. The Morgan fingerprint density at radius 2 is 2.40 bits per heavy atom. The molecule has 0 saturated heterocycles. The van der Waals surface area contributed by atoms with Crippen LogP contribution in [0.2, 0.25) is 0 Å². The maximum atomic E-state index is 9.81. The van der Waals surface area contributed by atoms with E-state index in [0.29, 0.717) is 0 Å². The van der Waals surface area contributed by atoms with Gasteiger partial charge in [-0.3, -0.25) is 0 Å². The van der Waals surface area contributed by atoms with Crippen LogP contribution in [0.1, 0.15) is 11.2 Å². The summed E-state index contributed by atoms with van der Waals surface area (Å²) in [4.78, 5) is 9.81. The van der Waals surface area contributed by atoms with Gasteiger partial charge in [0.15, 0.2) is 11.5 Å². The van der Waals surface area contributed by atoms with Crippen molar-refractivity contribution in [3.05, 3.63) is 10.6 Å². The smallest absolute Gasteiger partial charge is 0.214 e. The fourth-order valence-corrected chi connectivity index (χ4v) is 0.569. The summed E-state index contributed by atoms with van der Waals surface area (Å²) in [7, 11) is 0. The molecule has 0 saturated carbocycles. The minimum atomic E-state index is -1.12. The molecule has 0 bridgehead atoms. The van der Waals surface area contributed by atoms with Crippen LogP contribution in [0.25, 0.3) is 0 Å². The Labute approximate surface area is 60.3 Å². The van der Waals surface area contributed by atoms with E-state index in [4.69, 9.17) is 17.3 Å². The monoisotopic (exact) mass is 162 g/mol. The average molecular weight is 163 g/mol. The highest BCUT2D eigenvalue weighted by Crippen LogP contribution is 2.22. The number of rotatable bonds is 2. The largest absolute Gasteiger partial charge is 0.379 e. The molecule has 1 unspecified atom stereocenters. The van der Waals surface area contributed by atoms with Crippen molar-refractivity contribution < 1.29 is 4.63 Å². The van der Waals surface area contributed by atoms with Crippen LogP contribution in [-0.4, -0.2) is 10.3 Å². The summed E-state index contributed by atoms with van der Waals surface area (Å²) in [6.07, 6.45) is 0. The average Bonchev–Trinajstić information content (AvgIpc) is 2.34. The van der Waals surface area contributed by atoms with Gasteiger partial charge < -0.3 is 5.73 Å². The van der Waals surface area contributed by atoms with Crippen molar-refractivity contribution in [2.24, 2.45) is 5.18 Å². The molecule has 1 aromatic heterocycles. The van der Waals surface area contributed by atoms with E-state index in [1.165, 1.54) is 0 Å². The van der Waals surface area contributed by atoms with Crippen LogP contribution in [-0.2, 0) is 0 Å². The molecule has 0 radical (unpaired) electrons. The van der Waals surface area contributed by atoms with Crippen molar-refractivity contribution in [3.8, 4) is 0 Å². The molecule has 6 nitrogen and oxygen atoms in total. The summed E-state index contributed by atoms with van der Waals surface area (Å²) in [5, 5.41) is 8.91. The van der Waals surface area contributed by atoms with Crippen LogP contribution in [0, 0.1) is 4.91 Å². The van der Waals surface area contributed by atoms with E-state index in [1.54, 1.807) is 0 Å². The summed E-state index contributed by atoms with van der Waals surface area (Å²) in [5.74, 6) is -0.0143. The molecule has 7 heteroatoms. The van der Waals surface area contributed by atoms with Crippen molar-refractivity contribution in [1.29, 1.82) is 0 Å². The lowest BCUT2D eigenvalue weighted by atomic mass is 10.4. The Hall–Kier alpha value is -1.17. The molecule has 1 aromatic rings. The van der Waals surface area contributed by atoms with E-state index in [9.17, 15) is 4.91 Å². The molecule has 1 rings (SSSR count). The molecule has 0 aliphatic heterocycles. The first kappa shape index (κ1) is 6.94. The highest BCUT2D eigenvalue weighted by Gasteiger charge is 2.16. The van der Waals surface area contributed by atoms with Crippen LogP contribution in [0.15, 0.2) is 9.81 Å². The maximum Gasteiger partial charge on any atom is 0.214 e. The van der Waals surface area contributed by atoms with Gasteiger partial charge in [0.05, 0.1) is 0 Å². The van der Waals surface area contributed by atoms with Crippen molar-refractivity contribution in [1.82, 2.24) is 10.3 Å². The highest BCUT2D eigenvalue weighted by molar-refractivity contribution is 6.20. The summed E-state index contributed by atoms with van der Waals surface area (Å²) in [5.41, 5.74) is 4.10. The molecule has 0 aliphatic rings. The maximum absolute atomic E-state index is 9.81. The van der Waals surface area contributed by atoms with Gasteiger partial charge in [0.25, 0.3) is 0 Å². The van der Waals surface area contributed by atoms with Gasteiger partial charge in [-0.15, -0.1) is 4.91 Å². The fourth-order valence-electron chi connectivity index (χ4n) is 0.417. The van der Waals surface area contributed by atoms with Crippen LogP contribution in [0.3, 0.4) is 0 Å². The molecule has 0 fully saturated rings. The summed E-state index contributed by atoms with van der Waals surface area (Å²) >= 11 is 5.32. The third kappa shape index (κ3) is 1.06. The third-order valence-electron chi connectivity index (χ3n) is 0.859. The number of hydrogen-bond donors (Lipinski definition) is 1. The number of halogens is 1. The lowest BCUT2D eigenvalue weighted by Gasteiger charge is -1.90. The van der Waals surface area contributed by atoms with Crippen molar-refractivity contribution in [2.45, 2.75) is 5.50 Å². The van der Waals surface area contributed by atoms with E-state index in [2.05, 4.69) is 20.1 Å². The van der Waals surface area contributed by atoms with E-state index in [1.807, 2.05) is 0 Å². The van der Waals surface area contributed by atoms with Gasteiger partial charge in [-0.05, 0) is 15.5 Å². The van der Waals surface area contributed by atoms with Crippen LogP contribution < -0.4 is 5.73 Å². The topological polar surface area (TPSA) is 94.4 Å². The third-order valence-corrected chi connectivity index (χ3v) is 1.15. The van der Waals surface area contributed by atoms with Gasteiger partial charge in [-0.1, -0.05) is 11.6 Å². The number of aromatic nitrogens is 2. The van der Waals surface area contributed by atoms with E-state index >= 15 is 0 Å². The first-order valence-corrected chi connectivity index (χ1v) is 2.74. The zero-order chi connectivity index (χ0) is 7.56. The molecule has 2 N–H and O–H groups in total. The van der Waals surface area contributed by atoms with Crippen molar-refractivity contribution in [3.63, 3.8) is 0 Å². The highest BCUT2D eigenvalue weighted by atomic mass is 35.5. The minimum absolute atomic E-state index is 0.0143. The second kappa shape index (κ2) is 2.61. The van der Waals surface area contributed by atoms with Crippen molar-refractivity contribution >= 4 is 17.4 Å². The SMILES string of the molecule is Nc1nonc1C(Cl)N=O. The molecular weight excluding hydrogens is 160 g/mol. The quantitative estimate of drug-likeness (QED) is 0.392. The Morgan fingerprint density at radius 1 is 1.70 bits per heavy atom. The Morgan fingerprint density at radius 3 is 2.80 bits per heavy atom. The molecule has 0 spiro atoms. The second-order valence-corrected chi connectivity index (χ2v) is 1.89. The minimum Gasteiger partial charge on any atom is -0.379 e. The Bertz CT molecular complexity index is 236. The number of anilines is 1. The molecule has 54 valence electrons. The summed E-state index contributed by atoms with van der Waals surface area (Å²) < 4.78 is 4.16.